The van der Waals surface area contributed by atoms with Gasteiger partial charge < -0.3 is 14.0 Å². The molecule has 2 aromatic carbocycles. The Morgan fingerprint density at radius 3 is 2.46 bits per heavy atom. The van der Waals surface area contributed by atoms with Crippen LogP contribution in [0.25, 0.3) is 10.8 Å². The van der Waals surface area contributed by atoms with Crippen molar-refractivity contribution in [2.45, 2.75) is 26.5 Å². The zero-order chi connectivity index (χ0) is 18.7. The van der Waals surface area contributed by atoms with Crippen LogP contribution >= 0.6 is 0 Å². The monoisotopic (exact) mass is 351 g/mol. The van der Waals surface area contributed by atoms with Crippen molar-refractivity contribution in [1.82, 2.24) is 4.57 Å². The number of fused-ring (bicyclic) bond motifs is 1. The van der Waals surface area contributed by atoms with Gasteiger partial charge in [0, 0.05) is 11.6 Å². The van der Waals surface area contributed by atoms with Crippen LogP contribution in [0.3, 0.4) is 0 Å². The van der Waals surface area contributed by atoms with Crippen LogP contribution in [-0.2, 0) is 11.3 Å². The molecule has 0 bridgehead atoms. The topological polar surface area (TPSA) is 57.5 Å². The highest BCUT2D eigenvalue weighted by Crippen LogP contribution is 2.19. The van der Waals surface area contributed by atoms with E-state index in [2.05, 4.69) is 0 Å². The Morgan fingerprint density at radius 2 is 1.81 bits per heavy atom. The molecule has 0 fully saturated rings. The molecular weight excluding hydrogens is 330 g/mol. The van der Waals surface area contributed by atoms with Crippen LogP contribution < -0.4 is 10.3 Å². The Morgan fingerprint density at radius 1 is 1.08 bits per heavy atom. The molecule has 0 unspecified atom stereocenters. The Hall–Kier alpha value is -3.08. The van der Waals surface area contributed by atoms with Crippen molar-refractivity contribution in [2.75, 3.05) is 7.11 Å². The molecule has 3 aromatic rings. The molecule has 3 rings (SSSR count). The molecule has 5 nitrogen and oxygen atoms in total. The lowest BCUT2D eigenvalue weighted by Gasteiger charge is -2.11. The summed E-state index contributed by atoms with van der Waals surface area (Å²) in [5.41, 5.74) is 1.36. The fraction of sp³-hybridized carbons (Fsp3) is 0.238. The molecule has 0 atom stereocenters. The zero-order valence-corrected chi connectivity index (χ0v) is 15.1. The predicted molar refractivity (Wildman–Crippen MR) is 101 cm³/mol. The molecule has 0 amide bonds. The minimum atomic E-state index is -0.376. The second-order valence-corrected chi connectivity index (χ2v) is 6.35. The van der Waals surface area contributed by atoms with Gasteiger partial charge in [-0.2, -0.15) is 0 Å². The third-order valence-corrected chi connectivity index (χ3v) is 4.05. The smallest absolute Gasteiger partial charge is 0.337 e. The fourth-order valence-electron chi connectivity index (χ4n) is 2.80. The van der Waals surface area contributed by atoms with Crippen LogP contribution in [0.15, 0.2) is 59.5 Å². The lowest BCUT2D eigenvalue weighted by atomic mass is 10.1. The van der Waals surface area contributed by atoms with Gasteiger partial charge >= 0.3 is 5.97 Å². The number of carbonyl (C=O) groups is 1. The van der Waals surface area contributed by atoms with Crippen molar-refractivity contribution in [3.8, 4) is 5.75 Å². The van der Waals surface area contributed by atoms with Gasteiger partial charge in [0.2, 0.25) is 0 Å². The van der Waals surface area contributed by atoms with Crippen molar-refractivity contribution < 1.29 is 14.3 Å². The van der Waals surface area contributed by atoms with E-state index in [1.54, 1.807) is 29.0 Å². The highest BCUT2D eigenvalue weighted by Gasteiger charge is 2.08. The number of hydrogen-bond donors (Lipinski definition) is 0. The maximum absolute atomic E-state index is 12.7. The van der Waals surface area contributed by atoms with Gasteiger partial charge in [0.05, 0.1) is 25.3 Å². The van der Waals surface area contributed by atoms with E-state index in [4.69, 9.17) is 9.47 Å². The Kier molecular flexibility index (Phi) is 5.07. The number of methoxy groups -OCH3 is 1. The third-order valence-electron chi connectivity index (χ3n) is 4.05. The number of ether oxygens (including phenoxy) is 2. The number of pyridine rings is 1. The average molecular weight is 351 g/mol. The molecule has 0 aliphatic heterocycles. The SMILES string of the molecule is COC(=O)c1ccc(Cn2ccc3cc(OC(C)C)ccc3c2=O)cc1. The summed E-state index contributed by atoms with van der Waals surface area (Å²) in [6, 6.07) is 14.4. The van der Waals surface area contributed by atoms with Gasteiger partial charge in [-0.3, -0.25) is 4.79 Å². The highest BCUT2D eigenvalue weighted by molar-refractivity contribution is 5.89. The zero-order valence-electron chi connectivity index (χ0n) is 15.1. The molecule has 0 saturated heterocycles. The van der Waals surface area contributed by atoms with E-state index in [0.717, 1.165) is 16.7 Å². The lowest BCUT2D eigenvalue weighted by molar-refractivity contribution is 0.0600. The molecule has 0 aliphatic rings. The molecule has 134 valence electrons. The first-order valence-electron chi connectivity index (χ1n) is 8.45. The van der Waals surface area contributed by atoms with E-state index in [0.29, 0.717) is 17.5 Å². The van der Waals surface area contributed by atoms with Gasteiger partial charge in [0.1, 0.15) is 5.75 Å². The number of carbonyl (C=O) groups excluding carboxylic acids is 1. The first kappa shape index (κ1) is 17.7. The molecule has 0 radical (unpaired) electrons. The first-order chi connectivity index (χ1) is 12.5. The summed E-state index contributed by atoms with van der Waals surface area (Å²) < 4.78 is 12.0. The summed E-state index contributed by atoms with van der Waals surface area (Å²) in [7, 11) is 1.35. The van der Waals surface area contributed by atoms with Crippen molar-refractivity contribution in [3.05, 3.63) is 76.2 Å². The van der Waals surface area contributed by atoms with Gasteiger partial charge in [-0.25, -0.2) is 4.79 Å². The second-order valence-electron chi connectivity index (χ2n) is 6.35. The Balaban J connectivity index is 1.87. The number of hydrogen-bond acceptors (Lipinski definition) is 4. The van der Waals surface area contributed by atoms with Crippen LogP contribution in [0, 0.1) is 0 Å². The van der Waals surface area contributed by atoms with Gasteiger partial charge in [0.15, 0.2) is 0 Å². The van der Waals surface area contributed by atoms with Gasteiger partial charge in [-0.1, -0.05) is 12.1 Å². The Bertz CT molecular complexity index is 987. The number of esters is 1. The summed E-state index contributed by atoms with van der Waals surface area (Å²) in [5.74, 6) is 0.377. The quantitative estimate of drug-likeness (QED) is 0.659. The minimum absolute atomic E-state index is 0.0596. The number of benzene rings is 2. The van der Waals surface area contributed by atoms with Crippen molar-refractivity contribution in [1.29, 1.82) is 0 Å². The van der Waals surface area contributed by atoms with Crippen LogP contribution in [0.2, 0.25) is 0 Å². The predicted octanol–water partition coefficient (Wildman–Crippen LogP) is 3.62. The summed E-state index contributed by atoms with van der Waals surface area (Å²) in [5, 5.41) is 1.50. The normalized spacial score (nSPS) is 10.9. The molecule has 1 aromatic heterocycles. The summed E-state index contributed by atoms with van der Waals surface area (Å²) in [4.78, 5) is 24.2. The van der Waals surface area contributed by atoms with E-state index in [-0.39, 0.29) is 17.6 Å². The maximum Gasteiger partial charge on any atom is 0.337 e. The molecule has 0 aliphatic carbocycles. The average Bonchev–Trinajstić information content (AvgIpc) is 2.63. The summed E-state index contributed by atoms with van der Waals surface area (Å²) in [6.07, 6.45) is 1.86. The van der Waals surface area contributed by atoms with Crippen molar-refractivity contribution >= 4 is 16.7 Å². The van der Waals surface area contributed by atoms with Gasteiger partial charge in [-0.15, -0.1) is 0 Å². The fourth-order valence-corrected chi connectivity index (χ4v) is 2.80. The third kappa shape index (κ3) is 3.77. The molecule has 1 heterocycles. The van der Waals surface area contributed by atoms with E-state index in [1.807, 2.05) is 44.2 Å². The maximum atomic E-state index is 12.7. The van der Waals surface area contributed by atoms with E-state index >= 15 is 0 Å². The summed E-state index contributed by atoms with van der Waals surface area (Å²) in [6.45, 7) is 4.36. The molecule has 5 heteroatoms. The number of aromatic nitrogens is 1. The number of nitrogens with zero attached hydrogens (tertiary/aromatic N) is 1. The van der Waals surface area contributed by atoms with E-state index < -0.39 is 0 Å². The summed E-state index contributed by atoms with van der Waals surface area (Å²) >= 11 is 0. The van der Waals surface area contributed by atoms with Gasteiger partial charge in [-0.05, 0) is 61.2 Å². The minimum Gasteiger partial charge on any atom is -0.491 e. The highest BCUT2D eigenvalue weighted by atomic mass is 16.5. The van der Waals surface area contributed by atoms with Crippen molar-refractivity contribution in [2.24, 2.45) is 0 Å². The molecule has 0 saturated carbocycles. The van der Waals surface area contributed by atoms with Crippen LogP contribution in [0.4, 0.5) is 0 Å². The Labute approximate surface area is 151 Å². The van der Waals surface area contributed by atoms with E-state index in [9.17, 15) is 9.59 Å². The largest absolute Gasteiger partial charge is 0.491 e. The molecule has 0 N–H and O–H groups in total. The first-order valence-corrected chi connectivity index (χ1v) is 8.45. The number of rotatable bonds is 5. The van der Waals surface area contributed by atoms with Crippen LogP contribution in [-0.4, -0.2) is 23.8 Å². The van der Waals surface area contributed by atoms with Crippen molar-refractivity contribution in [3.63, 3.8) is 0 Å². The molecule has 0 spiro atoms. The molecule has 26 heavy (non-hydrogen) atoms. The standard InChI is InChI=1S/C21H21NO4/c1-14(2)26-18-8-9-19-17(12-18)10-11-22(20(19)23)13-15-4-6-16(7-5-15)21(24)25-3/h4-12,14H,13H2,1-3H3. The van der Waals surface area contributed by atoms with Crippen LogP contribution in [0.5, 0.6) is 5.75 Å². The lowest BCUT2D eigenvalue weighted by Crippen LogP contribution is -2.20. The second kappa shape index (κ2) is 7.44. The van der Waals surface area contributed by atoms with Gasteiger partial charge in [0.25, 0.3) is 5.56 Å². The van der Waals surface area contributed by atoms with Crippen LogP contribution in [0.1, 0.15) is 29.8 Å². The van der Waals surface area contributed by atoms with E-state index in [1.165, 1.54) is 7.11 Å². The molecular formula is C21H21NO4.